The molecule has 3 atom stereocenters. The summed E-state index contributed by atoms with van der Waals surface area (Å²) in [5, 5.41) is 19.2. The SMILES string of the molecule is CCC1(O)C=CC(C)CC1O. The van der Waals surface area contributed by atoms with Crippen LogP contribution < -0.4 is 0 Å². The van der Waals surface area contributed by atoms with E-state index in [0.717, 1.165) is 0 Å². The van der Waals surface area contributed by atoms with Gasteiger partial charge in [0.15, 0.2) is 0 Å². The molecule has 0 fully saturated rings. The fourth-order valence-electron chi connectivity index (χ4n) is 1.43. The molecule has 0 aliphatic heterocycles. The molecule has 0 aromatic carbocycles. The van der Waals surface area contributed by atoms with Crippen LogP contribution in [0.4, 0.5) is 0 Å². The molecule has 2 nitrogen and oxygen atoms in total. The second kappa shape index (κ2) is 2.95. The predicted octanol–water partition coefficient (Wildman–Crippen LogP) is 1.08. The Morgan fingerprint density at radius 2 is 2.27 bits per heavy atom. The summed E-state index contributed by atoms with van der Waals surface area (Å²) in [6.45, 7) is 3.92. The highest BCUT2D eigenvalue weighted by atomic mass is 16.3. The monoisotopic (exact) mass is 156 g/mol. The lowest BCUT2D eigenvalue weighted by molar-refractivity contribution is -0.0553. The second-order valence-corrected chi connectivity index (χ2v) is 3.43. The summed E-state index contributed by atoms with van der Waals surface area (Å²) < 4.78 is 0. The van der Waals surface area contributed by atoms with Crippen LogP contribution in [0.2, 0.25) is 0 Å². The fourth-order valence-corrected chi connectivity index (χ4v) is 1.43. The Kier molecular flexibility index (Phi) is 2.35. The lowest BCUT2D eigenvalue weighted by Crippen LogP contribution is -2.42. The summed E-state index contributed by atoms with van der Waals surface area (Å²) in [6.07, 6.45) is 4.35. The first-order valence-corrected chi connectivity index (χ1v) is 4.18. The van der Waals surface area contributed by atoms with Gasteiger partial charge in [-0.3, -0.25) is 0 Å². The third kappa shape index (κ3) is 1.63. The quantitative estimate of drug-likeness (QED) is 0.558. The van der Waals surface area contributed by atoms with Gasteiger partial charge in [0.25, 0.3) is 0 Å². The molecule has 0 aromatic heterocycles. The topological polar surface area (TPSA) is 40.5 Å². The maximum atomic E-state index is 9.73. The number of aliphatic hydroxyl groups excluding tert-OH is 1. The van der Waals surface area contributed by atoms with E-state index in [4.69, 9.17) is 0 Å². The van der Waals surface area contributed by atoms with Crippen molar-refractivity contribution in [1.82, 2.24) is 0 Å². The molecule has 2 heteroatoms. The van der Waals surface area contributed by atoms with Crippen molar-refractivity contribution in [2.24, 2.45) is 5.92 Å². The summed E-state index contributed by atoms with van der Waals surface area (Å²) in [6, 6.07) is 0. The molecule has 0 saturated carbocycles. The minimum Gasteiger partial charge on any atom is -0.390 e. The third-order valence-electron chi connectivity index (χ3n) is 2.45. The summed E-state index contributed by atoms with van der Waals surface area (Å²) in [5.74, 6) is 0.386. The molecule has 0 aromatic rings. The van der Waals surface area contributed by atoms with E-state index in [2.05, 4.69) is 0 Å². The van der Waals surface area contributed by atoms with Crippen molar-refractivity contribution in [2.45, 2.75) is 38.4 Å². The Bertz CT molecular complexity index is 165. The maximum Gasteiger partial charge on any atom is 0.108 e. The van der Waals surface area contributed by atoms with Crippen LogP contribution in [0.5, 0.6) is 0 Å². The predicted molar refractivity (Wildman–Crippen MR) is 44.2 cm³/mol. The Labute approximate surface area is 67.6 Å². The standard InChI is InChI=1S/C9H16O2/c1-3-9(11)5-4-7(2)6-8(9)10/h4-5,7-8,10-11H,3,6H2,1-2H3. The van der Waals surface area contributed by atoms with E-state index in [-0.39, 0.29) is 0 Å². The highest BCUT2D eigenvalue weighted by Crippen LogP contribution is 2.28. The van der Waals surface area contributed by atoms with Crippen molar-refractivity contribution in [3.8, 4) is 0 Å². The van der Waals surface area contributed by atoms with E-state index in [1.54, 1.807) is 6.08 Å². The van der Waals surface area contributed by atoms with E-state index in [1.807, 2.05) is 19.9 Å². The van der Waals surface area contributed by atoms with Gasteiger partial charge in [0.05, 0.1) is 6.10 Å². The van der Waals surface area contributed by atoms with Crippen molar-refractivity contribution in [1.29, 1.82) is 0 Å². The molecule has 0 heterocycles. The Morgan fingerprint density at radius 1 is 1.64 bits per heavy atom. The number of hydrogen-bond acceptors (Lipinski definition) is 2. The van der Waals surface area contributed by atoms with Gasteiger partial charge in [-0.1, -0.05) is 26.0 Å². The average Bonchev–Trinajstić information content (AvgIpc) is 1.98. The van der Waals surface area contributed by atoms with E-state index in [9.17, 15) is 10.2 Å². The average molecular weight is 156 g/mol. The maximum absolute atomic E-state index is 9.73. The molecule has 0 saturated heterocycles. The van der Waals surface area contributed by atoms with Crippen molar-refractivity contribution in [2.75, 3.05) is 0 Å². The molecule has 0 spiro atoms. The molecule has 0 radical (unpaired) electrons. The van der Waals surface area contributed by atoms with Crippen LogP contribution in [0.25, 0.3) is 0 Å². The van der Waals surface area contributed by atoms with Gasteiger partial charge in [0, 0.05) is 0 Å². The normalized spacial score (nSPS) is 44.4. The van der Waals surface area contributed by atoms with Gasteiger partial charge in [-0.15, -0.1) is 0 Å². The highest BCUT2D eigenvalue weighted by Gasteiger charge is 2.34. The van der Waals surface area contributed by atoms with Crippen LogP contribution in [-0.4, -0.2) is 21.9 Å². The lowest BCUT2D eigenvalue weighted by atomic mass is 9.82. The van der Waals surface area contributed by atoms with E-state index in [1.165, 1.54) is 0 Å². The van der Waals surface area contributed by atoms with Crippen LogP contribution in [0.15, 0.2) is 12.2 Å². The van der Waals surface area contributed by atoms with E-state index in [0.29, 0.717) is 18.8 Å². The van der Waals surface area contributed by atoms with Gasteiger partial charge in [0.1, 0.15) is 5.60 Å². The summed E-state index contributed by atoms with van der Waals surface area (Å²) in [4.78, 5) is 0. The first-order chi connectivity index (χ1) is 5.08. The molecule has 0 amide bonds. The Balaban J connectivity index is 2.75. The van der Waals surface area contributed by atoms with Crippen LogP contribution in [-0.2, 0) is 0 Å². The van der Waals surface area contributed by atoms with Crippen LogP contribution >= 0.6 is 0 Å². The highest BCUT2D eigenvalue weighted by molar-refractivity contribution is 5.10. The van der Waals surface area contributed by atoms with Gasteiger partial charge in [0.2, 0.25) is 0 Å². The molecule has 1 aliphatic carbocycles. The molecule has 1 aliphatic rings. The summed E-state index contributed by atoms with van der Waals surface area (Å²) in [7, 11) is 0. The number of aliphatic hydroxyl groups is 2. The molecule has 64 valence electrons. The largest absolute Gasteiger partial charge is 0.390 e. The first-order valence-electron chi connectivity index (χ1n) is 4.18. The van der Waals surface area contributed by atoms with Crippen LogP contribution in [0, 0.1) is 5.92 Å². The first kappa shape index (κ1) is 8.75. The van der Waals surface area contributed by atoms with Crippen molar-refractivity contribution < 1.29 is 10.2 Å². The third-order valence-corrected chi connectivity index (χ3v) is 2.45. The van der Waals surface area contributed by atoms with Gasteiger partial charge in [-0.05, 0) is 18.8 Å². The molecular formula is C9H16O2. The zero-order valence-electron chi connectivity index (χ0n) is 7.12. The van der Waals surface area contributed by atoms with Crippen LogP contribution in [0.3, 0.4) is 0 Å². The number of rotatable bonds is 1. The minimum atomic E-state index is -0.966. The van der Waals surface area contributed by atoms with Gasteiger partial charge in [-0.25, -0.2) is 0 Å². The van der Waals surface area contributed by atoms with Gasteiger partial charge < -0.3 is 10.2 Å². The summed E-state index contributed by atoms with van der Waals surface area (Å²) in [5.41, 5.74) is -0.966. The summed E-state index contributed by atoms with van der Waals surface area (Å²) >= 11 is 0. The minimum absolute atomic E-state index is 0.386. The van der Waals surface area contributed by atoms with Gasteiger partial charge >= 0.3 is 0 Å². The molecular weight excluding hydrogens is 140 g/mol. The molecule has 0 bridgehead atoms. The number of hydrogen-bond donors (Lipinski definition) is 2. The van der Waals surface area contributed by atoms with Crippen molar-refractivity contribution in [3.05, 3.63) is 12.2 Å². The smallest absolute Gasteiger partial charge is 0.108 e. The molecule has 11 heavy (non-hydrogen) atoms. The molecule has 2 N–H and O–H groups in total. The fraction of sp³-hybridized carbons (Fsp3) is 0.778. The zero-order valence-corrected chi connectivity index (χ0v) is 7.12. The lowest BCUT2D eigenvalue weighted by Gasteiger charge is -2.34. The van der Waals surface area contributed by atoms with Crippen LogP contribution in [0.1, 0.15) is 26.7 Å². The van der Waals surface area contributed by atoms with Crippen molar-refractivity contribution >= 4 is 0 Å². The van der Waals surface area contributed by atoms with E-state index >= 15 is 0 Å². The zero-order chi connectivity index (χ0) is 8.48. The van der Waals surface area contributed by atoms with Gasteiger partial charge in [-0.2, -0.15) is 0 Å². The Hall–Kier alpha value is -0.340. The van der Waals surface area contributed by atoms with Crippen molar-refractivity contribution in [3.63, 3.8) is 0 Å². The van der Waals surface area contributed by atoms with E-state index < -0.39 is 11.7 Å². The molecule has 1 rings (SSSR count). The molecule has 3 unspecified atom stereocenters. The second-order valence-electron chi connectivity index (χ2n) is 3.43. The Morgan fingerprint density at radius 3 is 2.73 bits per heavy atom. The number of allylic oxidation sites excluding steroid dienone is 1.